The van der Waals surface area contributed by atoms with Gasteiger partial charge in [-0.2, -0.15) is 0 Å². The lowest BCUT2D eigenvalue weighted by Gasteiger charge is -2.21. The Morgan fingerprint density at radius 2 is 1.53 bits per heavy atom. The Labute approximate surface area is 206 Å². The van der Waals surface area contributed by atoms with Gasteiger partial charge in [-0.25, -0.2) is 4.79 Å². The van der Waals surface area contributed by atoms with Gasteiger partial charge in [-0.1, -0.05) is 36.4 Å². The summed E-state index contributed by atoms with van der Waals surface area (Å²) in [6.45, 7) is -0.570. The van der Waals surface area contributed by atoms with E-state index in [-0.39, 0.29) is 28.0 Å². The summed E-state index contributed by atoms with van der Waals surface area (Å²) in [5.74, 6) is -1.60. The Kier molecular flexibility index (Phi) is 5.10. The van der Waals surface area contributed by atoms with E-state index in [0.29, 0.717) is 22.7 Å². The van der Waals surface area contributed by atoms with Crippen LogP contribution in [-0.2, 0) is 9.53 Å². The molecule has 1 amide bonds. The molecule has 180 valence electrons. The highest BCUT2D eigenvalue weighted by Gasteiger charge is 2.44. The molecule has 0 atom stereocenters. The van der Waals surface area contributed by atoms with E-state index < -0.39 is 30.1 Å². The van der Waals surface area contributed by atoms with Crippen molar-refractivity contribution < 1.29 is 33.4 Å². The summed E-state index contributed by atoms with van der Waals surface area (Å²) >= 11 is 0. The molecule has 3 aliphatic rings. The van der Waals surface area contributed by atoms with Gasteiger partial charge < -0.3 is 19.5 Å². The van der Waals surface area contributed by atoms with Crippen LogP contribution in [0.3, 0.4) is 0 Å². The predicted octanol–water partition coefficient (Wildman–Crippen LogP) is 4.30. The van der Waals surface area contributed by atoms with Gasteiger partial charge in [0.2, 0.25) is 0 Å². The number of benzene rings is 3. The van der Waals surface area contributed by atoms with Crippen molar-refractivity contribution in [2.24, 2.45) is 0 Å². The van der Waals surface area contributed by atoms with Crippen LogP contribution in [0, 0.1) is 0 Å². The van der Waals surface area contributed by atoms with E-state index in [2.05, 4.69) is 5.32 Å². The Morgan fingerprint density at radius 1 is 0.833 bits per heavy atom. The van der Waals surface area contributed by atoms with Crippen LogP contribution in [-0.4, -0.2) is 35.8 Å². The van der Waals surface area contributed by atoms with E-state index in [9.17, 15) is 19.2 Å². The SMILES string of the molecule is O=C(COC(=O)c1cccc2c1C(=O)c1ccccc1C2=O)Nc1ccc2c(c1)OC1(CCCC1)O2. The monoisotopic (exact) mass is 483 g/mol. The molecule has 6 rings (SSSR count). The standard InChI is InChI=1S/C28H21NO7/c30-23(29-16-10-11-21-22(14-16)36-28(35-21)12-3-4-13-28)15-34-27(33)20-9-5-8-19-24(20)26(32)18-7-2-1-6-17(18)25(19)31/h1-2,5-11,14H,3-4,12-13,15H2,(H,29,30). The molecule has 8 heteroatoms. The zero-order valence-electron chi connectivity index (χ0n) is 19.2. The second-order valence-corrected chi connectivity index (χ2v) is 9.04. The van der Waals surface area contributed by atoms with Crippen molar-refractivity contribution in [1.29, 1.82) is 0 Å². The average Bonchev–Trinajstić information content (AvgIpc) is 3.50. The van der Waals surface area contributed by atoms with Gasteiger partial charge in [0.15, 0.2) is 29.7 Å². The maximum Gasteiger partial charge on any atom is 0.339 e. The number of anilines is 1. The van der Waals surface area contributed by atoms with Crippen molar-refractivity contribution >= 4 is 29.1 Å². The molecular formula is C28H21NO7. The predicted molar refractivity (Wildman–Crippen MR) is 128 cm³/mol. The van der Waals surface area contributed by atoms with Crippen LogP contribution in [0.1, 0.15) is 67.9 Å². The van der Waals surface area contributed by atoms with Gasteiger partial charge in [0.05, 0.1) is 5.56 Å². The van der Waals surface area contributed by atoms with Crippen molar-refractivity contribution in [2.75, 3.05) is 11.9 Å². The number of fused-ring (bicyclic) bond motifs is 3. The molecule has 1 saturated carbocycles. The highest BCUT2D eigenvalue weighted by Crippen LogP contribution is 2.47. The van der Waals surface area contributed by atoms with E-state index in [1.165, 1.54) is 18.2 Å². The minimum atomic E-state index is -0.864. The van der Waals surface area contributed by atoms with Crippen LogP contribution in [0.2, 0.25) is 0 Å². The minimum Gasteiger partial charge on any atom is -0.452 e. The number of carbonyl (C=O) groups is 4. The molecule has 1 fully saturated rings. The first-order valence-corrected chi connectivity index (χ1v) is 11.7. The molecule has 1 heterocycles. The molecule has 0 radical (unpaired) electrons. The first-order valence-electron chi connectivity index (χ1n) is 11.7. The van der Waals surface area contributed by atoms with Gasteiger partial charge >= 0.3 is 5.97 Å². The zero-order valence-corrected chi connectivity index (χ0v) is 19.2. The summed E-state index contributed by atoms with van der Waals surface area (Å²) < 4.78 is 17.2. The minimum absolute atomic E-state index is 0.0109. The summed E-state index contributed by atoms with van der Waals surface area (Å²) in [5, 5.41) is 2.68. The Bertz CT molecular complexity index is 1450. The van der Waals surface area contributed by atoms with E-state index in [0.717, 1.165) is 25.7 Å². The first-order chi connectivity index (χ1) is 17.4. The van der Waals surface area contributed by atoms with Gasteiger partial charge in [0, 0.05) is 46.8 Å². The van der Waals surface area contributed by atoms with Gasteiger partial charge in [-0.15, -0.1) is 0 Å². The molecule has 1 aliphatic heterocycles. The molecule has 1 spiro atoms. The molecule has 3 aromatic rings. The maximum absolute atomic E-state index is 13.1. The zero-order chi connectivity index (χ0) is 24.9. The number of hydrogen-bond donors (Lipinski definition) is 1. The fourth-order valence-corrected chi connectivity index (χ4v) is 5.01. The van der Waals surface area contributed by atoms with Gasteiger partial charge in [0.25, 0.3) is 11.7 Å². The maximum atomic E-state index is 13.1. The third-order valence-corrected chi connectivity index (χ3v) is 6.69. The summed E-state index contributed by atoms with van der Waals surface area (Å²) in [6.07, 6.45) is 3.73. The number of rotatable bonds is 4. The molecule has 0 unspecified atom stereocenters. The number of hydrogen-bond acceptors (Lipinski definition) is 7. The quantitative estimate of drug-likeness (QED) is 0.431. The van der Waals surface area contributed by atoms with Crippen molar-refractivity contribution in [1.82, 2.24) is 0 Å². The third kappa shape index (κ3) is 3.62. The number of nitrogens with one attached hydrogen (secondary N) is 1. The molecule has 0 bridgehead atoms. The summed E-state index contributed by atoms with van der Waals surface area (Å²) in [4.78, 5) is 51.3. The van der Waals surface area contributed by atoms with Crippen molar-refractivity contribution in [3.8, 4) is 11.5 Å². The third-order valence-electron chi connectivity index (χ3n) is 6.69. The number of carbonyl (C=O) groups excluding carboxylic acids is 4. The number of amides is 1. The number of ketones is 2. The smallest absolute Gasteiger partial charge is 0.339 e. The molecule has 1 N–H and O–H groups in total. The molecular weight excluding hydrogens is 462 g/mol. The van der Waals surface area contributed by atoms with E-state index in [1.54, 1.807) is 42.5 Å². The van der Waals surface area contributed by atoms with Crippen LogP contribution in [0.15, 0.2) is 60.7 Å². The normalized spacial score (nSPS) is 16.4. The summed E-state index contributed by atoms with van der Waals surface area (Å²) in [6, 6.07) is 16.0. The Hall–Kier alpha value is -4.46. The van der Waals surface area contributed by atoms with E-state index in [4.69, 9.17) is 14.2 Å². The number of esters is 1. The summed E-state index contributed by atoms with van der Waals surface area (Å²) in [7, 11) is 0. The van der Waals surface area contributed by atoms with Gasteiger partial charge in [-0.3, -0.25) is 14.4 Å². The molecule has 36 heavy (non-hydrogen) atoms. The largest absolute Gasteiger partial charge is 0.452 e. The molecule has 3 aromatic carbocycles. The Morgan fingerprint density at radius 3 is 2.31 bits per heavy atom. The van der Waals surface area contributed by atoms with Crippen LogP contribution in [0.4, 0.5) is 5.69 Å². The average molecular weight is 483 g/mol. The lowest BCUT2D eigenvalue weighted by Crippen LogP contribution is -2.34. The first kappa shape index (κ1) is 22.0. The van der Waals surface area contributed by atoms with E-state index in [1.807, 2.05) is 0 Å². The lowest BCUT2D eigenvalue weighted by molar-refractivity contribution is -0.119. The van der Waals surface area contributed by atoms with Crippen LogP contribution >= 0.6 is 0 Å². The Balaban J connectivity index is 1.14. The van der Waals surface area contributed by atoms with Crippen molar-refractivity contribution in [3.63, 3.8) is 0 Å². The van der Waals surface area contributed by atoms with Gasteiger partial charge in [-0.05, 0) is 31.0 Å². The molecule has 0 saturated heterocycles. The molecule has 8 nitrogen and oxygen atoms in total. The lowest BCUT2D eigenvalue weighted by atomic mass is 9.82. The second-order valence-electron chi connectivity index (χ2n) is 9.04. The van der Waals surface area contributed by atoms with Gasteiger partial charge in [0.1, 0.15) is 0 Å². The van der Waals surface area contributed by atoms with Crippen molar-refractivity contribution in [2.45, 2.75) is 31.5 Å². The number of ether oxygens (including phenoxy) is 3. The molecule has 0 aromatic heterocycles. The van der Waals surface area contributed by atoms with E-state index >= 15 is 0 Å². The fraction of sp³-hybridized carbons (Fsp3) is 0.214. The highest BCUT2D eigenvalue weighted by molar-refractivity contribution is 6.30. The van der Waals surface area contributed by atoms with Crippen LogP contribution in [0.5, 0.6) is 11.5 Å². The highest BCUT2D eigenvalue weighted by atomic mass is 16.7. The van der Waals surface area contributed by atoms with Crippen LogP contribution < -0.4 is 14.8 Å². The van der Waals surface area contributed by atoms with Crippen molar-refractivity contribution in [3.05, 3.63) is 88.5 Å². The fourth-order valence-electron chi connectivity index (χ4n) is 5.01. The molecule has 2 aliphatic carbocycles. The second kappa shape index (κ2) is 8.34. The summed E-state index contributed by atoms with van der Waals surface area (Å²) in [5.41, 5.74) is 1.07. The van der Waals surface area contributed by atoms with Crippen LogP contribution in [0.25, 0.3) is 0 Å². The topological polar surface area (TPSA) is 108 Å².